The number of sulfone groups is 1. The molecule has 0 spiro atoms. The lowest BCUT2D eigenvalue weighted by atomic mass is 10.1. The van der Waals surface area contributed by atoms with Gasteiger partial charge in [0.1, 0.15) is 0 Å². The Morgan fingerprint density at radius 3 is 2.60 bits per heavy atom. The minimum absolute atomic E-state index is 0.461. The maximum atomic E-state index is 11.8. The molecule has 0 saturated carbocycles. The van der Waals surface area contributed by atoms with Gasteiger partial charge < -0.3 is 10.2 Å². The maximum Gasteiger partial charge on any atom is 0.176 e. The lowest BCUT2D eigenvalue weighted by molar-refractivity contribution is 0.243. The third kappa shape index (κ3) is 3.97. The Kier molecular flexibility index (Phi) is 5.49. The zero-order chi connectivity index (χ0) is 14.6. The van der Waals surface area contributed by atoms with Crippen molar-refractivity contribution in [2.45, 2.75) is 16.2 Å². The third-order valence-electron chi connectivity index (χ3n) is 3.57. The maximum absolute atomic E-state index is 11.8. The number of hydrogen-bond donors (Lipinski definition) is 1. The van der Waals surface area contributed by atoms with Crippen LogP contribution in [0, 0.1) is 0 Å². The Balaban J connectivity index is 2.15. The molecular weight excluding hydrogens is 292 g/mol. The predicted molar refractivity (Wildman–Crippen MR) is 84.3 cm³/mol. The van der Waals surface area contributed by atoms with Crippen molar-refractivity contribution in [3.05, 3.63) is 23.8 Å². The van der Waals surface area contributed by atoms with Gasteiger partial charge in [0.25, 0.3) is 0 Å². The molecule has 6 heteroatoms. The summed E-state index contributed by atoms with van der Waals surface area (Å²) in [5.41, 5.74) is 1.14. The van der Waals surface area contributed by atoms with Crippen molar-refractivity contribution in [2.24, 2.45) is 0 Å². The molecule has 1 aliphatic heterocycles. The van der Waals surface area contributed by atoms with Gasteiger partial charge in [0.2, 0.25) is 0 Å². The van der Waals surface area contributed by atoms with E-state index in [0.717, 1.165) is 49.6 Å². The quantitative estimate of drug-likeness (QED) is 0.829. The average Bonchev–Trinajstić information content (AvgIpc) is 2.44. The van der Waals surface area contributed by atoms with Crippen molar-refractivity contribution in [1.29, 1.82) is 0 Å². The SMILES string of the molecule is CSc1c(CCN2CCNCC2)cccc1S(C)(=O)=O. The van der Waals surface area contributed by atoms with Crippen molar-refractivity contribution in [3.63, 3.8) is 0 Å². The summed E-state index contributed by atoms with van der Waals surface area (Å²) >= 11 is 1.53. The highest BCUT2D eigenvalue weighted by Gasteiger charge is 2.17. The molecular formula is C14H22N2O2S2. The van der Waals surface area contributed by atoms with E-state index in [1.165, 1.54) is 18.0 Å². The molecule has 2 rings (SSSR count). The number of nitrogens with one attached hydrogen (secondary N) is 1. The summed E-state index contributed by atoms with van der Waals surface area (Å²) in [4.78, 5) is 3.79. The van der Waals surface area contributed by atoms with E-state index >= 15 is 0 Å². The molecule has 0 amide bonds. The number of thioether (sulfide) groups is 1. The van der Waals surface area contributed by atoms with E-state index in [1.807, 2.05) is 18.4 Å². The first-order valence-electron chi connectivity index (χ1n) is 6.81. The summed E-state index contributed by atoms with van der Waals surface area (Å²) in [7, 11) is -3.16. The van der Waals surface area contributed by atoms with Crippen LogP contribution in [-0.2, 0) is 16.3 Å². The smallest absolute Gasteiger partial charge is 0.176 e. The molecule has 1 N–H and O–H groups in total. The Morgan fingerprint density at radius 1 is 1.30 bits per heavy atom. The molecule has 0 aromatic heterocycles. The van der Waals surface area contributed by atoms with E-state index in [9.17, 15) is 8.42 Å². The van der Waals surface area contributed by atoms with Gasteiger partial charge in [-0.25, -0.2) is 8.42 Å². The lowest BCUT2D eigenvalue weighted by Crippen LogP contribution is -2.44. The first-order chi connectivity index (χ1) is 9.52. The first kappa shape index (κ1) is 15.8. The molecule has 20 heavy (non-hydrogen) atoms. The van der Waals surface area contributed by atoms with E-state index in [1.54, 1.807) is 6.07 Å². The van der Waals surface area contributed by atoms with Crippen LogP contribution in [0.15, 0.2) is 28.0 Å². The second-order valence-corrected chi connectivity index (χ2v) is 7.86. The van der Waals surface area contributed by atoms with Gasteiger partial charge in [-0.3, -0.25) is 0 Å². The van der Waals surface area contributed by atoms with E-state index in [0.29, 0.717) is 4.90 Å². The topological polar surface area (TPSA) is 49.4 Å². The molecule has 1 saturated heterocycles. The molecule has 0 atom stereocenters. The van der Waals surface area contributed by atoms with Crippen LogP contribution >= 0.6 is 11.8 Å². The zero-order valence-corrected chi connectivity index (χ0v) is 13.7. The predicted octanol–water partition coefficient (Wildman–Crippen LogP) is 1.26. The highest BCUT2D eigenvalue weighted by atomic mass is 32.2. The number of hydrogen-bond acceptors (Lipinski definition) is 5. The van der Waals surface area contributed by atoms with Gasteiger partial charge >= 0.3 is 0 Å². The molecule has 0 aliphatic carbocycles. The van der Waals surface area contributed by atoms with Crippen molar-refractivity contribution in [2.75, 3.05) is 45.2 Å². The van der Waals surface area contributed by atoms with Crippen LogP contribution in [0.4, 0.5) is 0 Å². The summed E-state index contributed by atoms with van der Waals surface area (Å²) in [6, 6.07) is 5.60. The normalized spacial score (nSPS) is 17.3. The van der Waals surface area contributed by atoms with Gasteiger partial charge in [-0.15, -0.1) is 11.8 Å². The van der Waals surface area contributed by atoms with Crippen LogP contribution in [-0.4, -0.2) is 58.6 Å². The number of nitrogens with zero attached hydrogens (tertiary/aromatic N) is 1. The van der Waals surface area contributed by atoms with Crippen LogP contribution in [0.2, 0.25) is 0 Å². The molecule has 0 bridgehead atoms. The second-order valence-electron chi connectivity index (χ2n) is 5.06. The Bertz CT molecular complexity index is 552. The van der Waals surface area contributed by atoms with Gasteiger partial charge in [0.05, 0.1) is 4.90 Å². The average molecular weight is 314 g/mol. The lowest BCUT2D eigenvalue weighted by Gasteiger charge is -2.27. The largest absolute Gasteiger partial charge is 0.314 e. The molecule has 1 aromatic carbocycles. The molecule has 1 fully saturated rings. The minimum Gasteiger partial charge on any atom is -0.314 e. The molecule has 0 unspecified atom stereocenters. The van der Waals surface area contributed by atoms with Gasteiger partial charge in [-0.2, -0.15) is 0 Å². The van der Waals surface area contributed by atoms with Crippen LogP contribution in [0.1, 0.15) is 5.56 Å². The summed E-state index contributed by atoms with van der Waals surface area (Å²) in [6.07, 6.45) is 4.12. The van der Waals surface area contributed by atoms with Gasteiger partial charge in [-0.05, 0) is 24.3 Å². The fourth-order valence-electron chi connectivity index (χ4n) is 2.50. The Morgan fingerprint density at radius 2 is 2.00 bits per heavy atom. The van der Waals surface area contributed by atoms with E-state index in [4.69, 9.17) is 0 Å². The monoisotopic (exact) mass is 314 g/mol. The standard InChI is InChI=1S/C14H22N2O2S2/c1-19-14-12(4-3-5-13(14)20(2,17)18)6-9-16-10-7-15-8-11-16/h3-5,15H,6-11H2,1-2H3. The number of rotatable bonds is 5. The molecule has 1 aliphatic rings. The molecule has 1 heterocycles. The van der Waals surface area contributed by atoms with Gasteiger partial charge in [0.15, 0.2) is 9.84 Å². The minimum atomic E-state index is -3.16. The summed E-state index contributed by atoms with van der Waals surface area (Å²) in [5, 5.41) is 3.34. The van der Waals surface area contributed by atoms with Crippen LogP contribution < -0.4 is 5.32 Å². The molecule has 1 aromatic rings. The zero-order valence-electron chi connectivity index (χ0n) is 12.1. The van der Waals surface area contributed by atoms with Crippen molar-refractivity contribution in [1.82, 2.24) is 10.2 Å². The van der Waals surface area contributed by atoms with Crippen LogP contribution in [0.25, 0.3) is 0 Å². The summed E-state index contributed by atoms with van der Waals surface area (Å²) in [6.45, 7) is 5.21. The van der Waals surface area contributed by atoms with Crippen molar-refractivity contribution >= 4 is 21.6 Å². The third-order valence-corrected chi connectivity index (χ3v) is 5.73. The van der Waals surface area contributed by atoms with Crippen LogP contribution in [0.3, 0.4) is 0 Å². The number of piperazine rings is 1. The molecule has 0 radical (unpaired) electrons. The number of benzene rings is 1. The molecule has 4 nitrogen and oxygen atoms in total. The van der Waals surface area contributed by atoms with Crippen LogP contribution in [0.5, 0.6) is 0 Å². The van der Waals surface area contributed by atoms with Crippen molar-refractivity contribution < 1.29 is 8.42 Å². The van der Waals surface area contributed by atoms with E-state index in [2.05, 4.69) is 10.2 Å². The fraction of sp³-hybridized carbons (Fsp3) is 0.571. The highest BCUT2D eigenvalue weighted by Crippen LogP contribution is 2.29. The fourth-order valence-corrected chi connectivity index (χ4v) is 4.69. The van der Waals surface area contributed by atoms with Gasteiger partial charge in [-0.1, -0.05) is 12.1 Å². The highest BCUT2D eigenvalue weighted by molar-refractivity contribution is 7.99. The summed E-state index contributed by atoms with van der Waals surface area (Å²) < 4.78 is 23.7. The first-order valence-corrected chi connectivity index (χ1v) is 9.93. The van der Waals surface area contributed by atoms with E-state index in [-0.39, 0.29) is 0 Å². The summed E-state index contributed by atoms with van der Waals surface area (Å²) in [5.74, 6) is 0. The second kappa shape index (κ2) is 6.93. The van der Waals surface area contributed by atoms with E-state index < -0.39 is 9.84 Å². The Hall–Kier alpha value is -0.560. The van der Waals surface area contributed by atoms with Gasteiger partial charge in [0, 0.05) is 43.9 Å². The van der Waals surface area contributed by atoms with Crippen molar-refractivity contribution in [3.8, 4) is 0 Å². The molecule has 112 valence electrons. The Labute approximate surface area is 125 Å².